The van der Waals surface area contributed by atoms with E-state index in [2.05, 4.69) is 0 Å². The Labute approximate surface area is 131 Å². The van der Waals surface area contributed by atoms with Gasteiger partial charge in [0, 0.05) is 15.1 Å². The van der Waals surface area contributed by atoms with Crippen LogP contribution >= 0.6 is 22.9 Å². The molecule has 0 aliphatic carbocycles. The zero-order valence-electron chi connectivity index (χ0n) is 11.4. The van der Waals surface area contributed by atoms with Crippen LogP contribution < -0.4 is 0 Å². The van der Waals surface area contributed by atoms with Crippen molar-refractivity contribution < 1.29 is 9.53 Å². The van der Waals surface area contributed by atoms with E-state index < -0.39 is 0 Å². The summed E-state index contributed by atoms with van der Waals surface area (Å²) < 4.78 is 6.30. The Morgan fingerprint density at radius 3 is 2.57 bits per heavy atom. The Kier molecular flexibility index (Phi) is 3.95. The lowest BCUT2D eigenvalue weighted by Crippen LogP contribution is -2.05. The van der Waals surface area contributed by atoms with Crippen LogP contribution in [0.3, 0.4) is 0 Å². The largest absolute Gasteiger partial charge is 0.462 e. The van der Waals surface area contributed by atoms with Gasteiger partial charge in [0.2, 0.25) is 0 Å². The molecule has 0 aliphatic heterocycles. The molecule has 3 rings (SSSR count). The number of carbonyl (C=O) groups excluding carboxylic acids is 1. The molecule has 106 valence electrons. The lowest BCUT2D eigenvalue weighted by Gasteiger charge is -2.05. The van der Waals surface area contributed by atoms with Crippen LogP contribution in [0.5, 0.6) is 0 Å². The van der Waals surface area contributed by atoms with Crippen LogP contribution in [0.1, 0.15) is 17.3 Å². The predicted octanol–water partition coefficient (Wildman–Crippen LogP) is 5.40. The minimum Gasteiger partial charge on any atom is -0.462 e. The highest BCUT2D eigenvalue weighted by atomic mass is 35.5. The van der Waals surface area contributed by atoms with Crippen molar-refractivity contribution in [2.75, 3.05) is 6.61 Å². The van der Waals surface area contributed by atoms with Gasteiger partial charge >= 0.3 is 5.97 Å². The molecule has 0 spiro atoms. The number of halogens is 1. The molecule has 4 heteroatoms. The van der Waals surface area contributed by atoms with Crippen LogP contribution in [0.2, 0.25) is 5.02 Å². The highest BCUT2D eigenvalue weighted by Crippen LogP contribution is 2.39. The second-order valence-corrected chi connectivity index (χ2v) is 6.02. The highest BCUT2D eigenvalue weighted by molar-refractivity contribution is 7.22. The van der Waals surface area contributed by atoms with Gasteiger partial charge < -0.3 is 4.74 Å². The monoisotopic (exact) mass is 316 g/mol. The van der Waals surface area contributed by atoms with Crippen molar-refractivity contribution in [1.82, 2.24) is 0 Å². The number of fused-ring (bicyclic) bond motifs is 1. The van der Waals surface area contributed by atoms with Gasteiger partial charge in [-0.25, -0.2) is 4.79 Å². The minimum atomic E-state index is -0.278. The Bertz CT molecular complexity index is 790. The average molecular weight is 317 g/mol. The number of hydrogen-bond donors (Lipinski definition) is 0. The molecule has 0 unspecified atom stereocenters. The lowest BCUT2D eigenvalue weighted by molar-refractivity contribution is 0.0530. The van der Waals surface area contributed by atoms with E-state index in [1.165, 1.54) is 0 Å². The van der Waals surface area contributed by atoms with Crippen LogP contribution in [-0.2, 0) is 4.74 Å². The van der Waals surface area contributed by atoms with Gasteiger partial charge in [-0.15, -0.1) is 11.3 Å². The highest BCUT2D eigenvalue weighted by Gasteiger charge is 2.20. The van der Waals surface area contributed by atoms with E-state index >= 15 is 0 Å². The molecule has 0 amide bonds. The third-order valence-corrected chi connectivity index (χ3v) is 4.65. The number of esters is 1. The van der Waals surface area contributed by atoms with Gasteiger partial charge in [-0.3, -0.25) is 0 Å². The Hall–Kier alpha value is -1.84. The quantitative estimate of drug-likeness (QED) is 0.605. The molecule has 0 atom stereocenters. The fourth-order valence-corrected chi connectivity index (χ4v) is 3.58. The summed E-state index contributed by atoms with van der Waals surface area (Å²) in [5.74, 6) is -0.278. The van der Waals surface area contributed by atoms with E-state index in [9.17, 15) is 4.79 Å². The van der Waals surface area contributed by atoms with E-state index in [1.54, 1.807) is 11.3 Å². The van der Waals surface area contributed by atoms with Crippen molar-refractivity contribution in [3.63, 3.8) is 0 Å². The number of carbonyl (C=O) groups is 1. The Morgan fingerprint density at radius 1 is 1.14 bits per heavy atom. The van der Waals surface area contributed by atoms with E-state index in [-0.39, 0.29) is 5.97 Å². The number of benzene rings is 2. The summed E-state index contributed by atoms with van der Waals surface area (Å²) in [5, 5.41) is 1.61. The average Bonchev–Trinajstić information content (AvgIpc) is 2.87. The number of thiophene rings is 1. The zero-order chi connectivity index (χ0) is 14.8. The molecule has 1 heterocycles. The first kappa shape index (κ1) is 14.1. The first-order valence-electron chi connectivity index (χ1n) is 6.65. The predicted molar refractivity (Wildman–Crippen MR) is 88.2 cm³/mol. The molecule has 1 aromatic heterocycles. The van der Waals surface area contributed by atoms with Gasteiger partial charge in [0.05, 0.1) is 17.0 Å². The van der Waals surface area contributed by atoms with Crippen molar-refractivity contribution in [3.05, 3.63) is 59.1 Å². The molecular weight excluding hydrogens is 304 g/mol. The summed E-state index contributed by atoms with van der Waals surface area (Å²) in [6, 6.07) is 15.4. The molecule has 0 fully saturated rings. The molecule has 2 aromatic carbocycles. The standard InChI is InChI=1S/C17H13ClO2S/c1-2-20-17(19)15-13-5-3-4-6-14(13)21-16(15)11-7-9-12(18)10-8-11/h3-10H,2H2,1H3. The second kappa shape index (κ2) is 5.88. The normalized spacial score (nSPS) is 10.8. The first-order chi connectivity index (χ1) is 10.2. The summed E-state index contributed by atoms with van der Waals surface area (Å²) in [6.45, 7) is 2.18. The molecule has 0 saturated heterocycles. The minimum absolute atomic E-state index is 0.278. The van der Waals surface area contributed by atoms with Crippen LogP contribution in [0.15, 0.2) is 48.5 Å². The van der Waals surface area contributed by atoms with Gasteiger partial charge in [0.25, 0.3) is 0 Å². The van der Waals surface area contributed by atoms with E-state index in [1.807, 2.05) is 55.5 Å². The Balaban J connectivity index is 2.23. The summed E-state index contributed by atoms with van der Waals surface area (Å²) in [5.41, 5.74) is 1.61. The first-order valence-corrected chi connectivity index (χ1v) is 7.84. The summed E-state index contributed by atoms with van der Waals surface area (Å²) in [6.07, 6.45) is 0. The zero-order valence-corrected chi connectivity index (χ0v) is 13.0. The molecule has 21 heavy (non-hydrogen) atoms. The van der Waals surface area contributed by atoms with E-state index in [0.29, 0.717) is 17.2 Å². The van der Waals surface area contributed by atoms with Gasteiger partial charge in [0.15, 0.2) is 0 Å². The molecule has 0 radical (unpaired) electrons. The summed E-state index contributed by atoms with van der Waals surface area (Å²) in [4.78, 5) is 13.3. The topological polar surface area (TPSA) is 26.3 Å². The van der Waals surface area contributed by atoms with Gasteiger partial charge in [-0.1, -0.05) is 41.9 Å². The smallest absolute Gasteiger partial charge is 0.340 e. The van der Waals surface area contributed by atoms with Crippen molar-refractivity contribution in [2.45, 2.75) is 6.92 Å². The third kappa shape index (κ3) is 2.67. The molecule has 0 bridgehead atoms. The maximum atomic E-state index is 12.3. The van der Waals surface area contributed by atoms with Crippen LogP contribution in [0.25, 0.3) is 20.5 Å². The second-order valence-electron chi connectivity index (χ2n) is 4.53. The van der Waals surface area contributed by atoms with Gasteiger partial charge in [-0.2, -0.15) is 0 Å². The summed E-state index contributed by atoms with van der Waals surface area (Å²) in [7, 11) is 0. The number of ether oxygens (including phenoxy) is 1. The maximum absolute atomic E-state index is 12.3. The fourth-order valence-electron chi connectivity index (χ4n) is 2.26. The van der Waals surface area contributed by atoms with Crippen molar-refractivity contribution in [2.24, 2.45) is 0 Å². The van der Waals surface area contributed by atoms with Crippen molar-refractivity contribution in [1.29, 1.82) is 0 Å². The molecule has 0 saturated carbocycles. The fraction of sp³-hybridized carbons (Fsp3) is 0.118. The molecule has 0 aliphatic rings. The molecule has 3 aromatic rings. The maximum Gasteiger partial charge on any atom is 0.340 e. The van der Waals surface area contributed by atoms with Crippen molar-refractivity contribution in [3.8, 4) is 10.4 Å². The van der Waals surface area contributed by atoms with E-state index in [4.69, 9.17) is 16.3 Å². The van der Waals surface area contributed by atoms with Crippen LogP contribution in [0.4, 0.5) is 0 Å². The molecular formula is C17H13ClO2S. The van der Waals surface area contributed by atoms with Crippen molar-refractivity contribution >= 4 is 39.0 Å². The van der Waals surface area contributed by atoms with Gasteiger partial charge in [0.1, 0.15) is 0 Å². The molecule has 2 nitrogen and oxygen atoms in total. The van der Waals surface area contributed by atoms with Crippen LogP contribution in [-0.4, -0.2) is 12.6 Å². The number of rotatable bonds is 3. The molecule has 0 N–H and O–H groups in total. The third-order valence-electron chi connectivity index (χ3n) is 3.18. The Morgan fingerprint density at radius 2 is 1.86 bits per heavy atom. The number of hydrogen-bond acceptors (Lipinski definition) is 3. The SMILES string of the molecule is CCOC(=O)c1c(-c2ccc(Cl)cc2)sc2ccccc12. The van der Waals surface area contributed by atoms with E-state index in [0.717, 1.165) is 20.5 Å². The summed E-state index contributed by atoms with van der Waals surface area (Å²) >= 11 is 7.53. The van der Waals surface area contributed by atoms with Gasteiger partial charge in [-0.05, 0) is 30.7 Å². The van der Waals surface area contributed by atoms with Crippen LogP contribution in [0, 0.1) is 0 Å². The lowest BCUT2D eigenvalue weighted by atomic mass is 10.1.